The fraction of sp³-hybridized carbons (Fsp3) is 0.958. The van der Waals surface area contributed by atoms with E-state index in [1.165, 1.54) is 38.6 Å². The van der Waals surface area contributed by atoms with Crippen LogP contribution >= 0.6 is 0 Å². The molecule has 2 heterocycles. The molecule has 0 radical (unpaired) electrons. The maximum Gasteiger partial charge on any atom is 0.174 e. The first kappa shape index (κ1) is 17.3. The molecule has 3 spiro atoms. The number of ketones is 1. The lowest BCUT2D eigenvalue weighted by Crippen LogP contribution is -2.70. The summed E-state index contributed by atoms with van der Waals surface area (Å²) in [5.41, 5.74) is 0.0857. The van der Waals surface area contributed by atoms with Gasteiger partial charge in [0.15, 0.2) is 17.2 Å². The van der Waals surface area contributed by atoms with Gasteiger partial charge < -0.3 is 14.4 Å². The Morgan fingerprint density at radius 3 is 2.64 bits per heavy atom. The molecule has 6 saturated carbocycles. The van der Waals surface area contributed by atoms with Crippen molar-refractivity contribution in [3.8, 4) is 0 Å². The van der Waals surface area contributed by atoms with Gasteiger partial charge in [-0.2, -0.15) is 0 Å². The molecule has 154 valence electrons. The van der Waals surface area contributed by atoms with Crippen molar-refractivity contribution in [3.05, 3.63) is 0 Å². The third-order valence-corrected chi connectivity index (χ3v) is 11.2. The van der Waals surface area contributed by atoms with E-state index in [1.807, 2.05) is 13.8 Å². The Morgan fingerprint density at radius 1 is 1.07 bits per heavy atom. The summed E-state index contributed by atoms with van der Waals surface area (Å²) in [5.74, 6) is 2.19. The first-order valence-corrected chi connectivity index (χ1v) is 11.8. The summed E-state index contributed by atoms with van der Waals surface area (Å²) in [4.78, 5) is 17.1. The maximum atomic E-state index is 14.4. The largest absolute Gasteiger partial charge is 0.347 e. The van der Waals surface area contributed by atoms with Crippen molar-refractivity contribution in [2.75, 3.05) is 20.2 Å². The molecule has 0 N–H and O–H groups in total. The molecule has 9 atom stereocenters. The van der Waals surface area contributed by atoms with Crippen LogP contribution in [-0.2, 0) is 14.3 Å². The minimum atomic E-state index is -0.649. The van der Waals surface area contributed by atoms with Gasteiger partial charge in [0.1, 0.15) is 0 Å². The standard InChI is InChI=1S/C24H35NO3/c1-20(2)27-13-24(28-20)14-6-9-22(19(24)26)15-11-16-21(3)7-5-8-23(16,17(22)10-14)18(15)25(4)12-21/h14-18H,5-13H2,1-4H3/t14-,15-,16+,17+,18?,21-,22-,23-,24-/m0/s1. The Bertz CT molecular complexity index is 795. The molecule has 8 fully saturated rings. The molecule has 0 aromatic heterocycles. The molecule has 4 nitrogen and oxygen atoms in total. The Balaban J connectivity index is 1.40. The number of fused-ring (bicyclic) bond motifs is 1. The van der Waals surface area contributed by atoms with Crippen LogP contribution < -0.4 is 0 Å². The highest BCUT2D eigenvalue weighted by Crippen LogP contribution is 2.83. The SMILES string of the molecule is CN1C[C@]2(C)CCC[C@]34C1[C@H](C[C@H]23)[C@@]12CC[C@@H](C[C@H]14)[C@@]1(COC(C)(C)O1)C2=O. The van der Waals surface area contributed by atoms with Crippen LogP contribution in [0.25, 0.3) is 0 Å². The van der Waals surface area contributed by atoms with E-state index in [2.05, 4.69) is 18.9 Å². The molecule has 1 unspecified atom stereocenters. The predicted molar refractivity (Wildman–Crippen MR) is 105 cm³/mol. The second kappa shape index (κ2) is 4.57. The van der Waals surface area contributed by atoms with Crippen LogP contribution in [0, 0.1) is 39.9 Å². The van der Waals surface area contributed by atoms with Gasteiger partial charge in [0.2, 0.25) is 0 Å². The number of Topliss-reactive ketones (excluding diaryl/α,β-unsaturated/α-hetero) is 1. The number of nitrogens with zero attached hydrogens (tertiary/aromatic N) is 1. The van der Waals surface area contributed by atoms with Crippen LogP contribution in [0.1, 0.15) is 65.7 Å². The number of hydrogen-bond acceptors (Lipinski definition) is 4. The van der Waals surface area contributed by atoms with Gasteiger partial charge in [-0.1, -0.05) is 13.3 Å². The zero-order chi connectivity index (χ0) is 19.3. The van der Waals surface area contributed by atoms with Crippen molar-refractivity contribution in [2.24, 2.45) is 39.9 Å². The lowest BCUT2D eigenvalue weighted by atomic mass is 9.38. The van der Waals surface area contributed by atoms with E-state index in [0.29, 0.717) is 47.0 Å². The number of ether oxygens (including phenoxy) is 2. The molecule has 2 saturated heterocycles. The second-order valence-electron chi connectivity index (χ2n) is 12.4. The number of carbonyl (C=O) groups is 1. The van der Waals surface area contributed by atoms with Crippen molar-refractivity contribution in [1.29, 1.82) is 0 Å². The molecule has 0 aromatic rings. The summed E-state index contributed by atoms with van der Waals surface area (Å²) in [6, 6.07) is 0.629. The monoisotopic (exact) mass is 385 g/mol. The summed E-state index contributed by atoms with van der Waals surface area (Å²) in [6.45, 7) is 8.26. The van der Waals surface area contributed by atoms with Crippen molar-refractivity contribution in [2.45, 2.75) is 83.1 Å². The molecule has 8 aliphatic rings. The third kappa shape index (κ3) is 1.49. The molecule has 7 bridgehead atoms. The summed E-state index contributed by atoms with van der Waals surface area (Å²) in [6.07, 6.45) is 8.89. The second-order valence-corrected chi connectivity index (χ2v) is 12.4. The van der Waals surface area contributed by atoms with Crippen molar-refractivity contribution < 1.29 is 14.3 Å². The third-order valence-electron chi connectivity index (χ3n) is 11.2. The van der Waals surface area contributed by atoms with Crippen LogP contribution in [0.2, 0.25) is 0 Å². The highest BCUT2D eigenvalue weighted by Gasteiger charge is 2.85. The van der Waals surface area contributed by atoms with Crippen molar-refractivity contribution >= 4 is 5.78 Å². The Labute approximate surface area is 168 Å². The average molecular weight is 386 g/mol. The summed E-state index contributed by atoms with van der Waals surface area (Å²) < 4.78 is 12.5. The van der Waals surface area contributed by atoms with E-state index in [0.717, 1.165) is 18.8 Å². The number of likely N-dealkylation sites (tertiary alicyclic amines) is 1. The van der Waals surface area contributed by atoms with Gasteiger partial charge in [-0.05, 0) is 93.9 Å². The Morgan fingerprint density at radius 2 is 1.89 bits per heavy atom. The zero-order valence-electron chi connectivity index (χ0n) is 17.9. The molecule has 4 heteroatoms. The average Bonchev–Trinajstić information content (AvgIpc) is 3.20. The molecular weight excluding hydrogens is 350 g/mol. The van der Waals surface area contributed by atoms with Gasteiger partial charge in [0.05, 0.1) is 6.61 Å². The molecule has 8 rings (SSSR count). The summed E-state index contributed by atoms with van der Waals surface area (Å²) in [7, 11) is 2.37. The van der Waals surface area contributed by atoms with Crippen molar-refractivity contribution in [1.82, 2.24) is 4.90 Å². The minimum absolute atomic E-state index is 0.128. The van der Waals surface area contributed by atoms with Crippen LogP contribution in [0.5, 0.6) is 0 Å². The Kier molecular flexibility index (Phi) is 2.82. The topological polar surface area (TPSA) is 38.8 Å². The van der Waals surface area contributed by atoms with Crippen molar-refractivity contribution in [3.63, 3.8) is 0 Å². The van der Waals surface area contributed by atoms with Crippen LogP contribution in [-0.4, -0.2) is 48.3 Å². The van der Waals surface area contributed by atoms with Gasteiger partial charge in [-0.25, -0.2) is 0 Å². The molecule has 0 aromatic carbocycles. The number of hydrogen-bond donors (Lipinski definition) is 0. The zero-order valence-corrected chi connectivity index (χ0v) is 17.9. The minimum Gasteiger partial charge on any atom is -0.347 e. The number of carbonyl (C=O) groups excluding carboxylic acids is 1. The highest BCUT2D eigenvalue weighted by atomic mass is 16.8. The predicted octanol–water partition coefficient (Wildman–Crippen LogP) is 3.63. The molecule has 2 aliphatic heterocycles. The van der Waals surface area contributed by atoms with Crippen LogP contribution in [0.15, 0.2) is 0 Å². The smallest absolute Gasteiger partial charge is 0.174 e. The fourth-order valence-corrected chi connectivity index (χ4v) is 11.0. The highest BCUT2D eigenvalue weighted by molar-refractivity contribution is 5.97. The first-order chi connectivity index (χ1) is 13.2. The van der Waals surface area contributed by atoms with E-state index < -0.39 is 11.4 Å². The van der Waals surface area contributed by atoms with Crippen LogP contribution in [0.3, 0.4) is 0 Å². The normalized spacial score (nSPS) is 63.3. The number of rotatable bonds is 0. The quantitative estimate of drug-likeness (QED) is 0.638. The Hall–Kier alpha value is -0.450. The van der Waals surface area contributed by atoms with Gasteiger partial charge in [0, 0.05) is 18.0 Å². The van der Waals surface area contributed by atoms with E-state index in [-0.39, 0.29) is 5.41 Å². The molecular formula is C24H35NO3. The van der Waals surface area contributed by atoms with E-state index >= 15 is 0 Å². The van der Waals surface area contributed by atoms with E-state index in [1.54, 1.807) is 0 Å². The van der Waals surface area contributed by atoms with Gasteiger partial charge in [-0.15, -0.1) is 0 Å². The fourth-order valence-electron chi connectivity index (χ4n) is 11.0. The first-order valence-electron chi connectivity index (χ1n) is 11.8. The van der Waals surface area contributed by atoms with Gasteiger partial charge in [-0.3, -0.25) is 4.79 Å². The molecule has 28 heavy (non-hydrogen) atoms. The summed E-state index contributed by atoms with van der Waals surface area (Å²) in [5, 5.41) is 0. The molecule has 6 aliphatic carbocycles. The maximum absolute atomic E-state index is 14.4. The van der Waals surface area contributed by atoms with Crippen LogP contribution in [0.4, 0.5) is 0 Å². The van der Waals surface area contributed by atoms with E-state index in [4.69, 9.17) is 9.47 Å². The summed E-state index contributed by atoms with van der Waals surface area (Å²) >= 11 is 0. The lowest BCUT2D eigenvalue weighted by molar-refractivity contribution is -0.230. The van der Waals surface area contributed by atoms with E-state index in [9.17, 15) is 4.79 Å². The molecule has 0 amide bonds. The lowest BCUT2D eigenvalue weighted by Gasteiger charge is -2.66. The van der Waals surface area contributed by atoms with Gasteiger partial charge >= 0.3 is 0 Å². The number of piperidine rings is 1. The van der Waals surface area contributed by atoms with Gasteiger partial charge in [0.25, 0.3) is 0 Å².